The van der Waals surface area contributed by atoms with Crippen LogP contribution in [-0.4, -0.2) is 18.1 Å². The molecule has 28 heavy (non-hydrogen) atoms. The molecular weight excluding hydrogens is 488 g/mol. The quantitative estimate of drug-likeness (QED) is 0.226. The molecule has 3 aromatic rings. The Morgan fingerprint density at radius 3 is 2.25 bits per heavy atom. The van der Waals surface area contributed by atoms with Gasteiger partial charge in [-0.15, -0.1) is 0 Å². The van der Waals surface area contributed by atoms with Gasteiger partial charge in [0.25, 0.3) is 5.91 Å². The van der Waals surface area contributed by atoms with Crippen LogP contribution in [0.4, 0.5) is 0 Å². The van der Waals surface area contributed by atoms with Crippen LogP contribution in [0.5, 0.6) is 5.75 Å². The molecule has 0 unspecified atom stereocenters. The summed E-state index contributed by atoms with van der Waals surface area (Å²) >= 11 is 6.65. The van der Waals surface area contributed by atoms with Crippen LogP contribution in [0, 0.1) is 0 Å². The number of amides is 1. The Hall–Kier alpha value is -2.77. The smallest absolute Gasteiger partial charge is 0.344 e. The molecule has 1 amide bonds. The molecule has 140 valence electrons. The lowest BCUT2D eigenvalue weighted by molar-refractivity contribution is 0.0733. The Balaban J connectivity index is 1.57. The Bertz CT molecular complexity index is 1020. The molecule has 0 aliphatic carbocycles. The van der Waals surface area contributed by atoms with Gasteiger partial charge in [-0.25, -0.2) is 10.2 Å². The molecule has 0 heterocycles. The van der Waals surface area contributed by atoms with Crippen LogP contribution in [0.1, 0.15) is 26.3 Å². The van der Waals surface area contributed by atoms with Crippen molar-refractivity contribution < 1.29 is 14.3 Å². The lowest BCUT2D eigenvalue weighted by atomic mass is 10.2. The summed E-state index contributed by atoms with van der Waals surface area (Å²) in [6.45, 7) is 0. The van der Waals surface area contributed by atoms with Crippen molar-refractivity contribution in [2.75, 3.05) is 0 Å². The van der Waals surface area contributed by atoms with E-state index in [4.69, 9.17) is 4.74 Å². The van der Waals surface area contributed by atoms with Crippen LogP contribution in [0.2, 0.25) is 0 Å². The zero-order valence-corrected chi connectivity index (χ0v) is 17.6. The van der Waals surface area contributed by atoms with Crippen LogP contribution in [0.25, 0.3) is 0 Å². The van der Waals surface area contributed by atoms with Gasteiger partial charge in [-0.05, 0) is 82.2 Å². The van der Waals surface area contributed by atoms with Gasteiger partial charge in [-0.3, -0.25) is 4.79 Å². The van der Waals surface area contributed by atoms with Gasteiger partial charge in [-0.2, -0.15) is 5.10 Å². The molecular formula is C21H14Br2N2O3. The van der Waals surface area contributed by atoms with E-state index in [1.807, 2.05) is 6.07 Å². The first kappa shape index (κ1) is 20.0. The molecule has 0 fully saturated rings. The van der Waals surface area contributed by atoms with E-state index >= 15 is 0 Å². The summed E-state index contributed by atoms with van der Waals surface area (Å²) in [6, 6.07) is 20.8. The molecule has 0 aliphatic heterocycles. The van der Waals surface area contributed by atoms with E-state index in [1.54, 1.807) is 66.7 Å². The minimum atomic E-state index is -0.448. The highest BCUT2D eigenvalue weighted by molar-refractivity contribution is 9.10. The van der Waals surface area contributed by atoms with Crippen LogP contribution in [-0.2, 0) is 0 Å². The van der Waals surface area contributed by atoms with Gasteiger partial charge in [-0.1, -0.05) is 28.1 Å². The lowest BCUT2D eigenvalue weighted by Gasteiger charge is -2.06. The molecule has 0 atom stereocenters. The molecule has 0 saturated carbocycles. The molecule has 0 aliphatic rings. The van der Waals surface area contributed by atoms with Crippen molar-refractivity contribution in [3.05, 3.63) is 98.4 Å². The average molecular weight is 502 g/mol. The summed E-state index contributed by atoms with van der Waals surface area (Å²) in [5, 5.41) is 3.94. The van der Waals surface area contributed by atoms with Crippen LogP contribution < -0.4 is 10.2 Å². The van der Waals surface area contributed by atoms with Crippen LogP contribution >= 0.6 is 31.9 Å². The number of benzene rings is 3. The summed E-state index contributed by atoms with van der Waals surface area (Å²) in [5.41, 5.74) is 4.17. The van der Waals surface area contributed by atoms with Crippen LogP contribution in [0.3, 0.4) is 0 Å². The lowest BCUT2D eigenvalue weighted by Crippen LogP contribution is -2.17. The van der Waals surface area contributed by atoms with E-state index in [0.717, 1.165) is 10.0 Å². The second-order valence-corrected chi connectivity index (χ2v) is 7.41. The summed E-state index contributed by atoms with van der Waals surface area (Å²) < 4.78 is 6.93. The van der Waals surface area contributed by atoms with E-state index in [2.05, 4.69) is 42.4 Å². The predicted octanol–water partition coefficient (Wildman–Crippen LogP) is 5.19. The average Bonchev–Trinajstić information content (AvgIpc) is 2.70. The first-order chi connectivity index (χ1) is 13.5. The maximum atomic E-state index is 12.2. The second-order valence-electron chi connectivity index (χ2n) is 5.64. The molecule has 0 radical (unpaired) electrons. The van der Waals surface area contributed by atoms with Gasteiger partial charge < -0.3 is 4.74 Å². The number of carbonyl (C=O) groups is 2. The van der Waals surface area contributed by atoms with Crippen molar-refractivity contribution >= 4 is 50.0 Å². The van der Waals surface area contributed by atoms with E-state index in [1.165, 1.54) is 6.21 Å². The predicted molar refractivity (Wildman–Crippen MR) is 115 cm³/mol. The van der Waals surface area contributed by atoms with Gasteiger partial charge in [0.2, 0.25) is 0 Å². The highest BCUT2D eigenvalue weighted by atomic mass is 79.9. The molecule has 0 spiro atoms. The van der Waals surface area contributed by atoms with E-state index in [-0.39, 0.29) is 5.91 Å². The molecule has 0 saturated heterocycles. The summed E-state index contributed by atoms with van der Waals surface area (Å²) in [4.78, 5) is 24.2. The number of carbonyl (C=O) groups excluding carboxylic acids is 2. The number of halogens is 2. The topological polar surface area (TPSA) is 67.8 Å². The standard InChI is InChI=1S/C21H14Br2N2O3/c22-16-9-7-15(8-10-16)20(26)25-24-13-14-5-11-17(12-6-14)28-21(27)18-3-1-2-4-19(18)23/h1-13H,(H,25,26)/b24-13+. The van der Waals surface area contributed by atoms with Crippen LogP contribution in [0.15, 0.2) is 86.8 Å². The Morgan fingerprint density at radius 1 is 0.893 bits per heavy atom. The van der Waals surface area contributed by atoms with Crippen molar-refractivity contribution in [1.82, 2.24) is 5.43 Å². The number of nitrogens with one attached hydrogen (secondary N) is 1. The van der Waals surface area contributed by atoms with Crippen molar-refractivity contribution in [2.45, 2.75) is 0 Å². The minimum absolute atomic E-state index is 0.303. The number of hydrogen-bond donors (Lipinski definition) is 1. The minimum Gasteiger partial charge on any atom is -0.423 e. The van der Waals surface area contributed by atoms with Crippen molar-refractivity contribution in [3.8, 4) is 5.75 Å². The fraction of sp³-hybridized carbons (Fsp3) is 0. The Labute approximate surface area is 178 Å². The normalized spacial score (nSPS) is 10.6. The third-order valence-corrected chi connectivity index (χ3v) is 4.89. The third kappa shape index (κ3) is 5.37. The number of ether oxygens (including phenoxy) is 1. The maximum Gasteiger partial charge on any atom is 0.344 e. The van der Waals surface area contributed by atoms with Gasteiger partial charge in [0.05, 0.1) is 11.8 Å². The number of esters is 1. The second kappa shape index (κ2) is 9.43. The monoisotopic (exact) mass is 500 g/mol. The van der Waals surface area contributed by atoms with Gasteiger partial charge >= 0.3 is 5.97 Å². The number of hydrazone groups is 1. The Morgan fingerprint density at radius 2 is 1.57 bits per heavy atom. The third-order valence-electron chi connectivity index (χ3n) is 3.67. The van der Waals surface area contributed by atoms with E-state index in [0.29, 0.717) is 21.3 Å². The highest BCUT2D eigenvalue weighted by Gasteiger charge is 2.11. The largest absolute Gasteiger partial charge is 0.423 e. The van der Waals surface area contributed by atoms with Crippen molar-refractivity contribution in [2.24, 2.45) is 5.10 Å². The molecule has 1 N–H and O–H groups in total. The summed E-state index contributed by atoms with van der Waals surface area (Å²) in [7, 11) is 0. The molecule has 0 bridgehead atoms. The van der Waals surface area contributed by atoms with Gasteiger partial charge in [0.15, 0.2) is 0 Å². The fourth-order valence-corrected chi connectivity index (χ4v) is 2.95. The molecule has 7 heteroatoms. The van der Waals surface area contributed by atoms with Gasteiger partial charge in [0.1, 0.15) is 5.75 Å². The van der Waals surface area contributed by atoms with E-state index < -0.39 is 5.97 Å². The highest BCUT2D eigenvalue weighted by Crippen LogP contribution is 2.19. The van der Waals surface area contributed by atoms with Gasteiger partial charge in [0, 0.05) is 14.5 Å². The molecule has 0 aromatic heterocycles. The van der Waals surface area contributed by atoms with Crippen molar-refractivity contribution in [1.29, 1.82) is 0 Å². The zero-order chi connectivity index (χ0) is 19.9. The summed E-state index contributed by atoms with van der Waals surface area (Å²) in [5.74, 6) is -0.338. The number of rotatable bonds is 5. The number of hydrogen-bond acceptors (Lipinski definition) is 4. The fourth-order valence-electron chi connectivity index (χ4n) is 2.24. The SMILES string of the molecule is O=C(N/N=C/c1ccc(OC(=O)c2ccccc2Br)cc1)c1ccc(Br)cc1. The number of nitrogens with zero attached hydrogens (tertiary/aromatic N) is 1. The Kier molecular flexibility index (Phi) is 6.73. The first-order valence-corrected chi connectivity index (χ1v) is 9.77. The van der Waals surface area contributed by atoms with Crippen molar-refractivity contribution in [3.63, 3.8) is 0 Å². The first-order valence-electron chi connectivity index (χ1n) is 8.19. The maximum absolute atomic E-state index is 12.2. The zero-order valence-electron chi connectivity index (χ0n) is 14.4. The molecule has 5 nitrogen and oxygen atoms in total. The molecule has 3 aromatic carbocycles. The molecule has 3 rings (SSSR count). The summed E-state index contributed by atoms with van der Waals surface area (Å²) in [6.07, 6.45) is 1.51. The van der Waals surface area contributed by atoms with E-state index in [9.17, 15) is 9.59 Å².